The molecule has 19 heavy (non-hydrogen) atoms. The molecule has 1 amide bonds. The van der Waals surface area contributed by atoms with E-state index >= 15 is 0 Å². The van der Waals surface area contributed by atoms with Crippen LogP contribution in [0.5, 0.6) is 5.75 Å². The number of benzene rings is 1. The number of phenols is 1. The highest BCUT2D eigenvalue weighted by Crippen LogP contribution is 2.36. The SMILES string of the molecule is CN1C(=O)C(Cc2ccc(O)cc2)NC12CCCC2. The number of phenolic OH excluding ortho intramolecular Hbond substituents is 1. The quantitative estimate of drug-likeness (QED) is 0.850. The molecule has 1 spiro atoms. The largest absolute Gasteiger partial charge is 0.508 e. The molecule has 2 N–H and O–H groups in total. The van der Waals surface area contributed by atoms with Crippen LogP contribution in [0.4, 0.5) is 0 Å². The standard InChI is InChI=1S/C15H20N2O2/c1-17-14(19)13(16-15(17)8-2-3-9-15)10-11-4-6-12(18)7-5-11/h4-7,13,16,18H,2-3,8-10H2,1H3. The van der Waals surface area contributed by atoms with E-state index in [0.717, 1.165) is 18.4 Å². The number of amides is 1. The Morgan fingerprint density at radius 3 is 2.58 bits per heavy atom. The van der Waals surface area contributed by atoms with Crippen LogP contribution >= 0.6 is 0 Å². The van der Waals surface area contributed by atoms with Gasteiger partial charge in [0.05, 0.1) is 11.7 Å². The Hall–Kier alpha value is -1.55. The molecule has 0 bridgehead atoms. The van der Waals surface area contributed by atoms with Gasteiger partial charge in [-0.05, 0) is 49.8 Å². The van der Waals surface area contributed by atoms with E-state index in [1.54, 1.807) is 12.1 Å². The lowest BCUT2D eigenvalue weighted by Gasteiger charge is -2.31. The van der Waals surface area contributed by atoms with Gasteiger partial charge in [0.1, 0.15) is 5.75 Å². The second-order valence-electron chi connectivity index (χ2n) is 5.70. The van der Waals surface area contributed by atoms with Gasteiger partial charge in [-0.15, -0.1) is 0 Å². The Kier molecular flexibility index (Phi) is 2.97. The summed E-state index contributed by atoms with van der Waals surface area (Å²) in [6.07, 6.45) is 5.18. The number of nitrogens with zero attached hydrogens (tertiary/aromatic N) is 1. The van der Waals surface area contributed by atoms with Crippen molar-refractivity contribution in [3.63, 3.8) is 0 Å². The minimum absolute atomic E-state index is 0.0985. The van der Waals surface area contributed by atoms with Crippen LogP contribution in [0.3, 0.4) is 0 Å². The van der Waals surface area contributed by atoms with E-state index in [1.165, 1.54) is 12.8 Å². The van der Waals surface area contributed by atoms with E-state index in [9.17, 15) is 9.90 Å². The molecule has 1 aliphatic heterocycles. The van der Waals surface area contributed by atoms with E-state index in [-0.39, 0.29) is 23.4 Å². The van der Waals surface area contributed by atoms with Gasteiger partial charge in [0.2, 0.25) is 5.91 Å². The Morgan fingerprint density at radius 2 is 1.95 bits per heavy atom. The maximum Gasteiger partial charge on any atom is 0.241 e. The average molecular weight is 260 g/mol. The zero-order chi connectivity index (χ0) is 13.5. The van der Waals surface area contributed by atoms with E-state index < -0.39 is 0 Å². The van der Waals surface area contributed by atoms with Gasteiger partial charge in [0, 0.05) is 7.05 Å². The van der Waals surface area contributed by atoms with E-state index in [0.29, 0.717) is 6.42 Å². The van der Waals surface area contributed by atoms with Crippen molar-refractivity contribution in [2.24, 2.45) is 0 Å². The summed E-state index contributed by atoms with van der Waals surface area (Å²) in [4.78, 5) is 14.3. The molecule has 1 aromatic carbocycles. The molecule has 2 fully saturated rings. The fourth-order valence-corrected chi connectivity index (χ4v) is 3.37. The van der Waals surface area contributed by atoms with Crippen molar-refractivity contribution in [3.05, 3.63) is 29.8 Å². The highest BCUT2D eigenvalue weighted by molar-refractivity contribution is 5.85. The summed E-state index contributed by atoms with van der Waals surface area (Å²) in [7, 11) is 1.91. The number of hydrogen-bond acceptors (Lipinski definition) is 3. The lowest BCUT2D eigenvalue weighted by atomic mass is 10.1. The maximum absolute atomic E-state index is 12.4. The normalized spacial score (nSPS) is 25.4. The van der Waals surface area contributed by atoms with Crippen molar-refractivity contribution in [1.82, 2.24) is 10.2 Å². The van der Waals surface area contributed by atoms with Crippen LogP contribution in [0.2, 0.25) is 0 Å². The van der Waals surface area contributed by atoms with Crippen LogP contribution in [0.15, 0.2) is 24.3 Å². The molecule has 1 aliphatic carbocycles. The molecule has 1 unspecified atom stereocenters. The first-order chi connectivity index (χ1) is 9.11. The van der Waals surface area contributed by atoms with Crippen LogP contribution < -0.4 is 5.32 Å². The van der Waals surface area contributed by atoms with Gasteiger partial charge in [0.25, 0.3) is 0 Å². The molecule has 0 aromatic heterocycles. The van der Waals surface area contributed by atoms with Gasteiger partial charge in [-0.25, -0.2) is 0 Å². The van der Waals surface area contributed by atoms with E-state index in [4.69, 9.17) is 0 Å². The lowest BCUT2D eigenvalue weighted by Crippen LogP contribution is -2.48. The van der Waals surface area contributed by atoms with Crippen molar-refractivity contribution in [3.8, 4) is 5.75 Å². The third-order valence-electron chi connectivity index (χ3n) is 4.52. The molecule has 4 nitrogen and oxygen atoms in total. The molecule has 4 heteroatoms. The van der Waals surface area contributed by atoms with E-state index in [2.05, 4.69) is 5.32 Å². The molecular formula is C15H20N2O2. The zero-order valence-electron chi connectivity index (χ0n) is 11.2. The molecule has 1 saturated heterocycles. The van der Waals surface area contributed by atoms with Gasteiger partial charge in [-0.1, -0.05) is 12.1 Å². The van der Waals surface area contributed by atoms with Gasteiger partial charge >= 0.3 is 0 Å². The van der Waals surface area contributed by atoms with Crippen LogP contribution in [0, 0.1) is 0 Å². The predicted octanol–water partition coefficient (Wildman–Crippen LogP) is 1.64. The lowest BCUT2D eigenvalue weighted by molar-refractivity contribution is -0.130. The number of carbonyl (C=O) groups is 1. The molecule has 1 saturated carbocycles. The zero-order valence-corrected chi connectivity index (χ0v) is 11.2. The van der Waals surface area contributed by atoms with Crippen LogP contribution in [0.1, 0.15) is 31.2 Å². The minimum atomic E-state index is -0.132. The number of hydrogen-bond donors (Lipinski definition) is 2. The van der Waals surface area contributed by atoms with Crippen LogP contribution in [-0.4, -0.2) is 34.7 Å². The summed E-state index contributed by atoms with van der Waals surface area (Å²) in [6, 6.07) is 6.97. The van der Waals surface area contributed by atoms with Crippen LogP contribution in [-0.2, 0) is 11.2 Å². The average Bonchev–Trinajstić information content (AvgIpc) is 2.96. The summed E-state index contributed by atoms with van der Waals surface area (Å²) < 4.78 is 0. The fourth-order valence-electron chi connectivity index (χ4n) is 3.37. The summed E-state index contributed by atoms with van der Waals surface area (Å²) in [5.41, 5.74) is 0.977. The van der Waals surface area contributed by atoms with Crippen molar-refractivity contribution >= 4 is 5.91 Å². The monoisotopic (exact) mass is 260 g/mol. The molecule has 102 valence electrons. The van der Waals surface area contributed by atoms with Gasteiger partial charge < -0.3 is 10.0 Å². The van der Waals surface area contributed by atoms with E-state index in [1.807, 2.05) is 24.1 Å². The molecular weight excluding hydrogens is 240 g/mol. The number of likely N-dealkylation sites (N-methyl/N-ethyl adjacent to an activating group) is 1. The first-order valence-electron chi connectivity index (χ1n) is 6.94. The summed E-state index contributed by atoms with van der Waals surface area (Å²) >= 11 is 0. The highest BCUT2D eigenvalue weighted by Gasteiger charge is 2.49. The van der Waals surface area contributed by atoms with Gasteiger partial charge in [-0.3, -0.25) is 10.1 Å². The maximum atomic E-state index is 12.4. The molecule has 0 radical (unpaired) electrons. The van der Waals surface area contributed by atoms with Gasteiger partial charge in [0.15, 0.2) is 0 Å². The Morgan fingerprint density at radius 1 is 1.32 bits per heavy atom. The molecule has 3 rings (SSSR count). The third-order valence-corrected chi connectivity index (χ3v) is 4.52. The second kappa shape index (κ2) is 4.53. The van der Waals surface area contributed by atoms with Crippen molar-refractivity contribution < 1.29 is 9.90 Å². The van der Waals surface area contributed by atoms with Crippen molar-refractivity contribution in [1.29, 1.82) is 0 Å². The van der Waals surface area contributed by atoms with Crippen LogP contribution in [0.25, 0.3) is 0 Å². The molecule has 1 atom stereocenters. The topological polar surface area (TPSA) is 52.6 Å². The first kappa shape index (κ1) is 12.5. The molecule has 1 heterocycles. The second-order valence-corrected chi connectivity index (χ2v) is 5.70. The first-order valence-corrected chi connectivity index (χ1v) is 6.94. The number of nitrogens with one attached hydrogen (secondary N) is 1. The predicted molar refractivity (Wildman–Crippen MR) is 72.7 cm³/mol. The highest BCUT2D eigenvalue weighted by atomic mass is 16.3. The molecule has 1 aromatic rings. The number of aromatic hydroxyl groups is 1. The third kappa shape index (κ3) is 2.10. The summed E-state index contributed by atoms with van der Waals surface area (Å²) in [5, 5.41) is 12.8. The Bertz CT molecular complexity index is 477. The smallest absolute Gasteiger partial charge is 0.241 e. The number of carbonyl (C=O) groups excluding carboxylic acids is 1. The summed E-state index contributed by atoms with van der Waals surface area (Å²) in [6.45, 7) is 0. The molecule has 2 aliphatic rings. The fraction of sp³-hybridized carbons (Fsp3) is 0.533. The number of rotatable bonds is 2. The Labute approximate surface area is 113 Å². The Balaban J connectivity index is 1.75. The minimum Gasteiger partial charge on any atom is -0.508 e. The van der Waals surface area contributed by atoms with Crippen molar-refractivity contribution in [2.75, 3.05) is 7.05 Å². The van der Waals surface area contributed by atoms with Gasteiger partial charge in [-0.2, -0.15) is 0 Å². The summed E-state index contributed by atoms with van der Waals surface area (Å²) in [5.74, 6) is 0.453. The van der Waals surface area contributed by atoms with Crippen molar-refractivity contribution in [2.45, 2.75) is 43.8 Å².